The molecule has 2 heterocycles. The predicted molar refractivity (Wildman–Crippen MR) is 118 cm³/mol. The van der Waals surface area contributed by atoms with Gasteiger partial charge in [0.05, 0.1) is 23.2 Å². The molecule has 0 aliphatic heterocycles. The third-order valence-electron chi connectivity index (χ3n) is 4.80. The van der Waals surface area contributed by atoms with Gasteiger partial charge < -0.3 is 10.3 Å². The van der Waals surface area contributed by atoms with Gasteiger partial charge in [0.25, 0.3) is 5.56 Å². The average molecular weight is 438 g/mol. The van der Waals surface area contributed by atoms with Crippen LogP contribution in [-0.2, 0) is 4.79 Å². The lowest BCUT2D eigenvalue weighted by molar-refractivity contribution is -0.120. The van der Waals surface area contributed by atoms with Gasteiger partial charge in [-0.15, -0.1) is 0 Å². The number of aromatic nitrogens is 4. The highest BCUT2D eigenvalue weighted by Crippen LogP contribution is 2.22. The normalized spacial score (nSPS) is 13.1. The second-order valence-corrected chi connectivity index (χ2v) is 8.37. The number of hydrogen-bond acceptors (Lipinski definition) is 5. The Morgan fingerprint density at radius 2 is 1.84 bits per heavy atom. The van der Waals surface area contributed by atoms with Gasteiger partial charge in [-0.3, -0.25) is 9.59 Å². The number of nitrogens with one attached hydrogen (secondary N) is 2. The number of carbonyl (C=O) groups is 1. The van der Waals surface area contributed by atoms with Crippen LogP contribution in [0.2, 0.25) is 0 Å². The number of carbonyl (C=O) groups excluding carboxylic acids is 1. The molecule has 7 nitrogen and oxygen atoms in total. The fraction of sp³-hybridized carbons (Fsp3) is 0.182. The zero-order chi connectivity index (χ0) is 22.0. The third-order valence-corrected chi connectivity index (χ3v) is 5.79. The number of fused-ring (bicyclic) bond motifs is 1. The van der Waals surface area contributed by atoms with Crippen LogP contribution in [0.5, 0.6) is 0 Å². The second kappa shape index (κ2) is 8.73. The number of aromatic amines is 1. The minimum Gasteiger partial charge on any atom is -0.349 e. The molecule has 2 aromatic carbocycles. The molecule has 1 amide bonds. The minimum atomic E-state index is -0.517. The van der Waals surface area contributed by atoms with Gasteiger partial charge in [-0.1, -0.05) is 42.1 Å². The first kappa shape index (κ1) is 20.8. The molecule has 9 heteroatoms. The van der Waals surface area contributed by atoms with Crippen LogP contribution >= 0.6 is 11.8 Å². The third kappa shape index (κ3) is 4.51. The zero-order valence-corrected chi connectivity index (χ0v) is 17.7. The fourth-order valence-electron chi connectivity index (χ4n) is 3.10. The molecule has 2 unspecified atom stereocenters. The lowest BCUT2D eigenvalue weighted by atomic mass is 10.1. The van der Waals surface area contributed by atoms with Gasteiger partial charge >= 0.3 is 0 Å². The summed E-state index contributed by atoms with van der Waals surface area (Å²) in [7, 11) is 0. The molecule has 4 rings (SSSR count). The molecule has 2 N–H and O–H groups in total. The van der Waals surface area contributed by atoms with E-state index in [0.717, 1.165) is 23.0 Å². The summed E-state index contributed by atoms with van der Waals surface area (Å²) in [6.07, 6.45) is 1.48. The van der Waals surface area contributed by atoms with Crippen LogP contribution in [0.3, 0.4) is 0 Å². The Balaban J connectivity index is 1.53. The largest absolute Gasteiger partial charge is 0.349 e. The number of nitrogens with zero attached hydrogens (tertiary/aromatic N) is 3. The SMILES string of the molecule is CC(Sc1nc2c(cnn2-c2ccccc2)c(=O)[nH]1)C(=O)NC(C)c1ccc(F)cc1. The van der Waals surface area contributed by atoms with Gasteiger partial charge in [0, 0.05) is 0 Å². The van der Waals surface area contributed by atoms with E-state index >= 15 is 0 Å². The van der Waals surface area contributed by atoms with E-state index in [1.807, 2.05) is 37.3 Å². The summed E-state index contributed by atoms with van der Waals surface area (Å²) in [5.74, 6) is -0.549. The van der Waals surface area contributed by atoms with E-state index < -0.39 is 5.25 Å². The summed E-state index contributed by atoms with van der Waals surface area (Å²) in [6, 6.07) is 15.1. The molecular formula is C22H20FN5O2S. The molecule has 2 aromatic heterocycles. The number of amides is 1. The van der Waals surface area contributed by atoms with Crippen molar-refractivity contribution >= 4 is 28.7 Å². The van der Waals surface area contributed by atoms with Crippen LogP contribution in [0.15, 0.2) is 70.7 Å². The van der Waals surface area contributed by atoms with Crippen molar-refractivity contribution in [3.63, 3.8) is 0 Å². The van der Waals surface area contributed by atoms with Gasteiger partial charge in [-0.25, -0.2) is 14.1 Å². The molecule has 0 saturated heterocycles. The van der Waals surface area contributed by atoms with E-state index in [2.05, 4.69) is 20.4 Å². The summed E-state index contributed by atoms with van der Waals surface area (Å²) in [5, 5.41) is 7.36. The summed E-state index contributed by atoms with van der Waals surface area (Å²) in [4.78, 5) is 32.4. The maximum atomic E-state index is 13.1. The molecule has 0 saturated carbocycles. The van der Waals surface area contributed by atoms with Gasteiger partial charge in [0.15, 0.2) is 10.8 Å². The minimum absolute atomic E-state index is 0.221. The Morgan fingerprint density at radius 1 is 1.13 bits per heavy atom. The molecule has 0 radical (unpaired) electrons. The first-order valence-corrected chi connectivity index (χ1v) is 10.6. The fourth-order valence-corrected chi connectivity index (χ4v) is 3.90. The van der Waals surface area contributed by atoms with Crippen LogP contribution in [0.1, 0.15) is 25.5 Å². The number of thioether (sulfide) groups is 1. The molecule has 158 valence electrons. The molecule has 0 spiro atoms. The number of benzene rings is 2. The molecule has 4 aromatic rings. The summed E-state index contributed by atoms with van der Waals surface area (Å²) >= 11 is 1.15. The Morgan fingerprint density at radius 3 is 2.55 bits per heavy atom. The molecule has 0 fully saturated rings. The highest BCUT2D eigenvalue weighted by atomic mass is 32.2. The van der Waals surface area contributed by atoms with Gasteiger partial charge in [-0.2, -0.15) is 5.10 Å². The van der Waals surface area contributed by atoms with E-state index in [0.29, 0.717) is 16.2 Å². The predicted octanol–water partition coefficient (Wildman–Crippen LogP) is 3.61. The Kier molecular flexibility index (Phi) is 5.85. The molecule has 31 heavy (non-hydrogen) atoms. The van der Waals surface area contributed by atoms with Crippen molar-refractivity contribution < 1.29 is 9.18 Å². The van der Waals surface area contributed by atoms with Crippen molar-refractivity contribution in [2.24, 2.45) is 0 Å². The molecule has 2 atom stereocenters. The lowest BCUT2D eigenvalue weighted by Gasteiger charge is -2.17. The highest BCUT2D eigenvalue weighted by Gasteiger charge is 2.20. The van der Waals surface area contributed by atoms with E-state index in [1.165, 1.54) is 18.3 Å². The average Bonchev–Trinajstić information content (AvgIpc) is 3.19. The van der Waals surface area contributed by atoms with E-state index in [9.17, 15) is 14.0 Å². The molecule has 0 bridgehead atoms. The monoisotopic (exact) mass is 437 g/mol. The van der Waals surface area contributed by atoms with Crippen LogP contribution in [0.4, 0.5) is 4.39 Å². The van der Waals surface area contributed by atoms with Crippen molar-refractivity contribution in [2.45, 2.75) is 30.3 Å². The van der Waals surface area contributed by atoms with E-state index in [-0.39, 0.29) is 23.3 Å². The van der Waals surface area contributed by atoms with Crippen LogP contribution in [-0.4, -0.2) is 30.9 Å². The van der Waals surface area contributed by atoms with E-state index in [1.54, 1.807) is 23.7 Å². The zero-order valence-electron chi connectivity index (χ0n) is 16.9. The number of hydrogen-bond donors (Lipinski definition) is 2. The van der Waals surface area contributed by atoms with Crippen LogP contribution in [0, 0.1) is 5.82 Å². The Hall–Kier alpha value is -3.46. The second-order valence-electron chi connectivity index (χ2n) is 7.04. The summed E-state index contributed by atoms with van der Waals surface area (Å²) in [5.41, 5.74) is 1.68. The molecule has 0 aliphatic rings. The topological polar surface area (TPSA) is 92.7 Å². The smallest absolute Gasteiger partial charge is 0.262 e. The van der Waals surface area contributed by atoms with Crippen LogP contribution in [0.25, 0.3) is 16.7 Å². The van der Waals surface area contributed by atoms with Crippen molar-refractivity contribution in [3.8, 4) is 5.69 Å². The summed E-state index contributed by atoms with van der Waals surface area (Å²) in [6.45, 7) is 3.56. The highest BCUT2D eigenvalue weighted by molar-refractivity contribution is 8.00. The van der Waals surface area contributed by atoms with Gasteiger partial charge in [0.2, 0.25) is 5.91 Å². The first-order valence-electron chi connectivity index (χ1n) is 9.68. The quantitative estimate of drug-likeness (QED) is 0.355. The lowest BCUT2D eigenvalue weighted by Crippen LogP contribution is -2.33. The van der Waals surface area contributed by atoms with Crippen LogP contribution < -0.4 is 10.9 Å². The summed E-state index contributed by atoms with van der Waals surface area (Å²) < 4.78 is 14.7. The van der Waals surface area contributed by atoms with Gasteiger partial charge in [-0.05, 0) is 43.7 Å². The maximum Gasteiger partial charge on any atom is 0.262 e. The number of rotatable bonds is 6. The van der Waals surface area contributed by atoms with Crippen molar-refractivity contribution in [3.05, 3.63) is 82.5 Å². The molecular weight excluding hydrogens is 417 g/mol. The van der Waals surface area contributed by atoms with Gasteiger partial charge in [0.1, 0.15) is 11.2 Å². The van der Waals surface area contributed by atoms with Crippen molar-refractivity contribution in [1.29, 1.82) is 0 Å². The van der Waals surface area contributed by atoms with Crippen molar-refractivity contribution in [1.82, 2.24) is 25.1 Å². The number of para-hydroxylation sites is 1. The Bertz CT molecular complexity index is 1270. The molecule has 0 aliphatic carbocycles. The number of H-pyrrole nitrogens is 1. The maximum absolute atomic E-state index is 13.1. The Labute approximate surface area is 181 Å². The standard InChI is InChI=1S/C22H20FN5O2S/c1-13(15-8-10-16(23)11-9-15)25-20(29)14(2)31-22-26-19-18(21(30)27-22)12-24-28(19)17-6-4-3-5-7-17/h3-14H,1-2H3,(H,25,29)(H,26,27,30). The van der Waals surface area contributed by atoms with Crippen molar-refractivity contribution in [2.75, 3.05) is 0 Å². The van der Waals surface area contributed by atoms with E-state index in [4.69, 9.17) is 0 Å². The first-order chi connectivity index (χ1) is 14.9. The number of halogens is 1.